The first-order valence-corrected chi connectivity index (χ1v) is 9.67. The maximum absolute atomic E-state index is 12.1. The van der Waals surface area contributed by atoms with Crippen LogP contribution in [-0.4, -0.2) is 23.9 Å². The van der Waals surface area contributed by atoms with E-state index in [1.165, 1.54) is 64.2 Å². The van der Waals surface area contributed by atoms with Gasteiger partial charge in [-0.3, -0.25) is 4.79 Å². The average molecular weight is 310 g/mol. The van der Waals surface area contributed by atoms with Crippen LogP contribution in [0.25, 0.3) is 0 Å². The Morgan fingerprint density at radius 3 is 1.55 bits per heavy atom. The normalized spacial score (nSPS) is 11.2. The molecule has 2 nitrogen and oxygen atoms in total. The molecule has 0 aliphatic rings. The zero-order chi connectivity index (χ0) is 16.5. The van der Waals surface area contributed by atoms with E-state index in [0.29, 0.717) is 0 Å². The first-order valence-electron chi connectivity index (χ1n) is 9.67. The molecule has 0 bridgehead atoms. The lowest BCUT2D eigenvalue weighted by atomic mass is 10.1. The van der Waals surface area contributed by atoms with Gasteiger partial charge in [0.15, 0.2) is 0 Å². The van der Waals surface area contributed by atoms with Crippen LogP contribution < -0.4 is 0 Å². The molecule has 130 valence electrons. The van der Waals surface area contributed by atoms with Gasteiger partial charge in [0, 0.05) is 13.1 Å². The molecule has 0 N–H and O–H groups in total. The molecule has 0 saturated carbocycles. The Labute approximate surface area is 139 Å². The van der Waals surface area contributed by atoms with Crippen LogP contribution >= 0.6 is 0 Å². The van der Waals surface area contributed by atoms with Crippen molar-refractivity contribution in [1.29, 1.82) is 0 Å². The van der Waals surface area contributed by atoms with Crippen molar-refractivity contribution >= 4 is 5.91 Å². The van der Waals surface area contributed by atoms with E-state index in [1.54, 1.807) is 6.08 Å². The molecule has 0 rings (SSSR count). The molecule has 0 atom stereocenters. The van der Waals surface area contributed by atoms with E-state index in [0.717, 1.165) is 25.9 Å². The Morgan fingerprint density at radius 1 is 0.727 bits per heavy atom. The van der Waals surface area contributed by atoms with Crippen LogP contribution in [0.2, 0.25) is 0 Å². The minimum atomic E-state index is 0.199. The van der Waals surface area contributed by atoms with Crippen LogP contribution in [0.15, 0.2) is 12.2 Å². The highest BCUT2D eigenvalue weighted by molar-refractivity contribution is 5.87. The Bertz CT molecular complexity index is 257. The van der Waals surface area contributed by atoms with Gasteiger partial charge in [0.05, 0.1) is 0 Å². The number of unbranched alkanes of at least 4 members (excludes halogenated alkanes) is 10. The molecule has 0 unspecified atom stereocenters. The third kappa shape index (κ3) is 12.9. The quantitative estimate of drug-likeness (QED) is 0.264. The highest BCUT2D eigenvalue weighted by Gasteiger charge is 2.09. The fourth-order valence-corrected chi connectivity index (χ4v) is 2.75. The summed E-state index contributed by atoms with van der Waals surface area (Å²) >= 11 is 0. The third-order valence-corrected chi connectivity index (χ3v) is 4.18. The maximum Gasteiger partial charge on any atom is 0.246 e. The lowest BCUT2D eigenvalue weighted by molar-refractivity contribution is -0.126. The first-order chi connectivity index (χ1) is 10.8. The number of nitrogens with zero attached hydrogens (tertiary/aromatic N) is 1. The van der Waals surface area contributed by atoms with Gasteiger partial charge in [-0.15, -0.1) is 0 Å². The fourth-order valence-electron chi connectivity index (χ4n) is 2.75. The Kier molecular flexibility index (Phi) is 16.0. The maximum atomic E-state index is 12.1. The molecule has 0 radical (unpaired) electrons. The second kappa shape index (κ2) is 16.6. The predicted octanol–water partition coefficient (Wildman–Crippen LogP) is 6.11. The van der Waals surface area contributed by atoms with Gasteiger partial charge >= 0.3 is 0 Å². The number of carbonyl (C=O) groups is 1. The van der Waals surface area contributed by atoms with Gasteiger partial charge in [-0.25, -0.2) is 0 Å². The molecule has 22 heavy (non-hydrogen) atoms. The van der Waals surface area contributed by atoms with Crippen molar-refractivity contribution in [2.45, 2.75) is 97.8 Å². The van der Waals surface area contributed by atoms with Crippen molar-refractivity contribution in [3.8, 4) is 0 Å². The van der Waals surface area contributed by atoms with E-state index < -0.39 is 0 Å². The Morgan fingerprint density at radius 2 is 1.14 bits per heavy atom. The van der Waals surface area contributed by atoms with Gasteiger partial charge in [0.1, 0.15) is 0 Å². The molecule has 0 aromatic carbocycles. The third-order valence-electron chi connectivity index (χ3n) is 4.18. The van der Waals surface area contributed by atoms with Crippen LogP contribution in [0.4, 0.5) is 0 Å². The monoisotopic (exact) mass is 309 g/mol. The molecule has 0 aromatic rings. The summed E-state index contributed by atoms with van der Waals surface area (Å²) in [7, 11) is 0. The van der Waals surface area contributed by atoms with E-state index >= 15 is 0 Å². The minimum Gasteiger partial charge on any atom is -0.339 e. The van der Waals surface area contributed by atoms with Gasteiger partial charge in [-0.2, -0.15) is 0 Å². The standard InChI is InChI=1S/C20H39NO/c1-4-7-9-11-13-15-18-21(20(22)17-6-3)19-16-14-12-10-8-5-2/h6,17H,4-5,7-16,18-19H2,1-3H3/b17-6+. The largest absolute Gasteiger partial charge is 0.339 e. The van der Waals surface area contributed by atoms with E-state index in [2.05, 4.69) is 18.7 Å². The summed E-state index contributed by atoms with van der Waals surface area (Å²) in [6.45, 7) is 8.29. The number of allylic oxidation sites excluding steroid dienone is 1. The molecule has 0 fully saturated rings. The molecule has 0 saturated heterocycles. The lowest BCUT2D eigenvalue weighted by Crippen LogP contribution is -2.31. The molecule has 0 aromatic heterocycles. The van der Waals surface area contributed by atoms with E-state index in [9.17, 15) is 4.79 Å². The second-order valence-corrected chi connectivity index (χ2v) is 6.36. The zero-order valence-corrected chi connectivity index (χ0v) is 15.4. The van der Waals surface area contributed by atoms with Crippen LogP contribution in [0.5, 0.6) is 0 Å². The molecule has 0 aliphatic carbocycles. The van der Waals surface area contributed by atoms with Crippen molar-refractivity contribution in [2.75, 3.05) is 13.1 Å². The molecular formula is C20H39NO. The van der Waals surface area contributed by atoms with Crippen LogP contribution in [-0.2, 0) is 4.79 Å². The summed E-state index contributed by atoms with van der Waals surface area (Å²) in [5.74, 6) is 0.199. The van der Waals surface area contributed by atoms with Crippen molar-refractivity contribution in [1.82, 2.24) is 4.90 Å². The van der Waals surface area contributed by atoms with Crippen molar-refractivity contribution in [3.63, 3.8) is 0 Å². The van der Waals surface area contributed by atoms with Gasteiger partial charge in [0.2, 0.25) is 5.91 Å². The van der Waals surface area contributed by atoms with Crippen molar-refractivity contribution in [3.05, 3.63) is 12.2 Å². The van der Waals surface area contributed by atoms with E-state index in [4.69, 9.17) is 0 Å². The first kappa shape index (κ1) is 21.2. The number of rotatable bonds is 15. The van der Waals surface area contributed by atoms with Gasteiger partial charge in [0.25, 0.3) is 0 Å². The number of hydrogen-bond donors (Lipinski definition) is 0. The molecule has 0 spiro atoms. The Balaban J connectivity index is 3.87. The lowest BCUT2D eigenvalue weighted by Gasteiger charge is -2.21. The van der Waals surface area contributed by atoms with Gasteiger partial charge < -0.3 is 4.90 Å². The fraction of sp³-hybridized carbons (Fsp3) is 0.850. The summed E-state index contributed by atoms with van der Waals surface area (Å²) in [6.07, 6.45) is 19.0. The summed E-state index contributed by atoms with van der Waals surface area (Å²) in [6, 6.07) is 0. The highest BCUT2D eigenvalue weighted by atomic mass is 16.2. The summed E-state index contributed by atoms with van der Waals surface area (Å²) in [5, 5.41) is 0. The Hall–Kier alpha value is -0.790. The van der Waals surface area contributed by atoms with Crippen LogP contribution in [0, 0.1) is 0 Å². The second-order valence-electron chi connectivity index (χ2n) is 6.36. The van der Waals surface area contributed by atoms with Gasteiger partial charge in [-0.05, 0) is 25.8 Å². The van der Waals surface area contributed by atoms with E-state index in [-0.39, 0.29) is 5.91 Å². The summed E-state index contributed by atoms with van der Waals surface area (Å²) in [4.78, 5) is 14.2. The van der Waals surface area contributed by atoms with Crippen LogP contribution in [0.3, 0.4) is 0 Å². The summed E-state index contributed by atoms with van der Waals surface area (Å²) < 4.78 is 0. The average Bonchev–Trinajstić information content (AvgIpc) is 2.52. The number of amides is 1. The number of hydrogen-bond acceptors (Lipinski definition) is 1. The highest BCUT2D eigenvalue weighted by Crippen LogP contribution is 2.09. The molecule has 0 aliphatic heterocycles. The molecule has 1 amide bonds. The smallest absolute Gasteiger partial charge is 0.246 e. The molecular weight excluding hydrogens is 270 g/mol. The SMILES string of the molecule is C/C=C/C(=O)N(CCCCCCCC)CCCCCCCC. The molecule has 0 heterocycles. The molecule has 2 heteroatoms. The topological polar surface area (TPSA) is 20.3 Å². The zero-order valence-electron chi connectivity index (χ0n) is 15.4. The van der Waals surface area contributed by atoms with Crippen LogP contribution in [0.1, 0.15) is 97.8 Å². The van der Waals surface area contributed by atoms with Crippen molar-refractivity contribution < 1.29 is 4.79 Å². The van der Waals surface area contributed by atoms with E-state index in [1.807, 2.05) is 13.0 Å². The van der Waals surface area contributed by atoms with Gasteiger partial charge in [-0.1, -0.05) is 84.1 Å². The minimum absolute atomic E-state index is 0.199. The number of carbonyl (C=O) groups excluding carboxylic acids is 1. The predicted molar refractivity (Wildman–Crippen MR) is 98.1 cm³/mol. The van der Waals surface area contributed by atoms with Crippen molar-refractivity contribution in [2.24, 2.45) is 0 Å². The summed E-state index contributed by atoms with van der Waals surface area (Å²) in [5.41, 5.74) is 0.